The molecule has 0 aliphatic heterocycles. The Morgan fingerprint density at radius 3 is 2.69 bits per heavy atom. The van der Waals surface area contributed by atoms with E-state index >= 15 is 0 Å². The Hall–Kier alpha value is -0.860. The van der Waals surface area contributed by atoms with Gasteiger partial charge < -0.3 is 10.2 Å². The summed E-state index contributed by atoms with van der Waals surface area (Å²) < 4.78 is 0. The van der Waals surface area contributed by atoms with E-state index in [1.54, 1.807) is 0 Å². The number of nitrogens with one attached hydrogen (secondary N) is 1. The topological polar surface area (TPSA) is 15.3 Å². The Morgan fingerprint density at radius 1 is 1.25 bits per heavy atom. The van der Waals surface area contributed by atoms with Gasteiger partial charge in [0.2, 0.25) is 0 Å². The Bertz CT molecular complexity index is 321. The lowest BCUT2D eigenvalue weighted by atomic mass is 10.0. The van der Waals surface area contributed by atoms with Gasteiger partial charge in [0.1, 0.15) is 0 Å². The van der Waals surface area contributed by atoms with Crippen molar-refractivity contribution in [1.29, 1.82) is 0 Å². The molecule has 2 nitrogen and oxygen atoms in total. The van der Waals surface area contributed by atoms with Gasteiger partial charge >= 0.3 is 0 Å². The zero-order valence-corrected chi connectivity index (χ0v) is 11.0. The molecule has 0 fully saturated rings. The number of likely N-dealkylation sites (N-methyl/N-ethyl adjacent to an activating group) is 1. The molecule has 0 aliphatic rings. The average Bonchev–Trinajstić information content (AvgIpc) is 2.29. The van der Waals surface area contributed by atoms with Crippen molar-refractivity contribution >= 4 is 0 Å². The van der Waals surface area contributed by atoms with E-state index in [9.17, 15) is 0 Å². The van der Waals surface area contributed by atoms with E-state index in [0.717, 1.165) is 26.2 Å². The van der Waals surface area contributed by atoms with Crippen molar-refractivity contribution in [2.24, 2.45) is 0 Å². The van der Waals surface area contributed by atoms with Gasteiger partial charge in [-0.3, -0.25) is 0 Å². The second-order valence-corrected chi connectivity index (χ2v) is 4.43. The van der Waals surface area contributed by atoms with Gasteiger partial charge in [0.15, 0.2) is 0 Å². The molecule has 0 saturated carbocycles. The molecule has 0 atom stereocenters. The fourth-order valence-corrected chi connectivity index (χ4v) is 1.65. The summed E-state index contributed by atoms with van der Waals surface area (Å²) in [6.07, 6.45) is 0. The van der Waals surface area contributed by atoms with Crippen LogP contribution in [0.2, 0.25) is 0 Å². The smallest absolute Gasteiger partial charge is 0.0208 e. The van der Waals surface area contributed by atoms with Gasteiger partial charge in [-0.15, -0.1) is 0 Å². The normalized spacial score (nSPS) is 11.1. The van der Waals surface area contributed by atoms with Crippen molar-refractivity contribution in [1.82, 2.24) is 10.2 Å². The predicted octanol–water partition coefficient (Wildman–Crippen LogP) is 2.34. The molecule has 1 rings (SSSR count). The highest BCUT2D eigenvalue weighted by atomic mass is 15.1. The molecule has 0 heterocycles. The van der Waals surface area contributed by atoms with Crippen molar-refractivity contribution in [2.45, 2.75) is 27.3 Å². The Morgan fingerprint density at radius 2 is 2.00 bits per heavy atom. The van der Waals surface area contributed by atoms with Crippen molar-refractivity contribution in [2.75, 3.05) is 26.7 Å². The third kappa shape index (κ3) is 3.95. The van der Waals surface area contributed by atoms with Gasteiger partial charge in [0, 0.05) is 19.6 Å². The monoisotopic (exact) mass is 220 g/mol. The number of aryl methyl sites for hydroxylation is 1. The first kappa shape index (κ1) is 13.2. The molecule has 16 heavy (non-hydrogen) atoms. The zero-order valence-electron chi connectivity index (χ0n) is 11.0. The maximum Gasteiger partial charge on any atom is 0.0208 e. The quantitative estimate of drug-likeness (QED) is 0.740. The van der Waals surface area contributed by atoms with E-state index in [0.29, 0.717) is 0 Å². The molecule has 1 aromatic rings. The maximum absolute atomic E-state index is 3.49. The summed E-state index contributed by atoms with van der Waals surface area (Å²) in [5.74, 6) is 0. The summed E-state index contributed by atoms with van der Waals surface area (Å²) in [6, 6.07) is 6.51. The maximum atomic E-state index is 3.49. The van der Waals surface area contributed by atoms with Crippen LogP contribution in [0, 0.1) is 13.8 Å². The summed E-state index contributed by atoms with van der Waals surface area (Å²) >= 11 is 0. The van der Waals surface area contributed by atoms with Gasteiger partial charge in [0.25, 0.3) is 0 Å². The number of hydrogen-bond donors (Lipinski definition) is 1. The molecule has 1 N–H and O–H groups in total. The third-order valence-corrected chi connectivity index (χ3v) is 3.24. The van der Waals surface area contributed by atoms with Crippen LogP contribution in [0.5, 0.6) is 0 Å². The van der Waals surface area contributed by atoms with Crippen LogP contribution in [-0.2, 0) is 6.54 Å². The molecule has 0 bridgehead atoms. The van der Waals surface area contributed by atoms with Gasteiger partial charge in [0.05, 0.1) is 0 Å². The standard InChI is InChI=1S/C14H24N2/c1-5-16(4)10-9-15-11-14-8-6-7-12(2)13(14)3/h6-8,15H,5,9-11H2,1-4H3. The molecule has 1 aromatic carbocycles. The highest BCUT2D eigenvalue weighted by Crippen LogP contribution is 2.11. The lowest BCUT2D eigenvalue weighted by molar-refractivity contribution is 0.349. The van der Waals surface area contributed by atoms with Crippen LogP contribution in [0.25, 0.3) is 0 Å². The molecule has 0 saturated heterocycles. The Kier molecular flexibility index (Phi) is 5.50. The van der Waals surface area contributed by atoms with Crippen LogP contribution in [0.15, 0.2) is 18.2 Å². The van der Waals surface area contributed by atoms with Crippen LogP contribution in [-0.4, -0.2) is 31.6 Å². The van der Waals surface area contributed by atoms with E-state index in [1.165, 1.54) is 16.7 Å². The Balaban J connectivity index is 2.35. The largest absolute Gasteiger partial charge is 0.311 e. The third-order valence-electron chi connectivity index (χ3n) is 3.24. The minimum atomic E-state index is 0.977. The van der Waals surface area contributed by atoms with E-state index in [-0.39, 0.29) is 0 Å². The van der Waals surface area contributed by atoms with Crippen molar-refractivity contribution in [3.05, 3.63) is 34.9 Å². The first-order valence-corrected chi connectivity index (χ1v) is 6.09. The summed E-state index contributed by atoms with van der Waals surface area (Å²) in [7, 11) is 2.15. The second-order valence-electron chi connectivity index (χ2n) is 4.43. The van der Waals surface area contributed by atoms with Crippen LogP contribution in [0.4, 0.5) is 0 Å². The van der Waals surface area contributed by atoms with Crippen LogP contribution in [0.1, 0.15) is 23.6 Å². The minimum Gasteiger partial charge on any atom is -0.311 e. The number of rotatable bonds is 6. The van der Waals surface area contributed by atoms with Crippen LogP contribution in [0.3, 0.4) is 0 Å². The molecule has 0 aromatic heterocycles. The molecule has 0 unspecified atom stereocenters. The molecule has 90 valence electrons. The van der Waals surface area contributed by atoms with Crippen molar-refractivity contribution in [3.8, 4) is 0 Å². The number of hydrogen-bond acceptors (Lipinski definition) is 2. The molecule has 0 aliphatic carbocycles. The van der Waals surface area contributed by atoms with Crippen molar-refractivity contribution < 1.29 is 0 Å². The molecule has 0 radical (unpaired) electrons. The fourth-order valence-electron chi connectivity index (χ4n) is 1.65. The summed E-state index contributed by atoms with van der Waals surface area (Å²) in [5.41, 5.74) is 4.21. The number of nitrogens with zero attached hydrogens (tertiary/aromatic N) is 1. The van der Waals surface area contributed by atoms with Gasteiger partial charge in [-0.05, 0) is 44.1 Å². The zero-order chi connectivity index (χ0) is 12.0. The first-order chi connectivity index (χ1) is 7.65. The first-order valence-electron chi connectivity index (χ1n) is 6.09. The van der Waals surface area contributed by atoms with Gasteiger partial charge in [-0.1, -0.05) is 25.1 Å². The number of benzene rings is 1. The van der Waals surface area contributed by atoms with Gasteiger partial charge in [-0.25, -0.2) is 0 Å². The molecule has 0 spiro atoms. The van der Waals surface area contributed by atoms with E-state index in [2.05, 4.69) is 56.2 Å². The highest BCUT2D eigenvalue weighted by Gasteiger charge is 2.00. The lowest BCUT2D eigenvalue weighted by Crippen LogP contribution is -2.28. The SMILES string of the molecule is CCN(C)CCNCc1cccc(C)c1C. The van der Waals surface area contributed by atoms with E-state index in [4.69, 9.17) is 0 Å². The molecule has 2 heteroatoms. The molecular formula is C14H24N2. The van der Waals surface area contributed by atoms with Crippen molar-refractivity contribution in [3.63, 3.8) is 0 Å². The summed E-state index contributed by atoms with van der Waals surface area (Å²) in [6.45, 7) is 10.8. The average molecular weight is 220 g/mol. The molecule has 0 amide bonds. The fraction of sp³-hybridized carbons (Fsp3) is 0.571. The molecular weight excluding hydrogens is 196 g/mol. The highest BCUT2D eigenvalue weighted by molar-refractivity contribution is 5.32. The van der Waals surface area contributed by atoms with Crippen LogP contribution < -0.4 is 5.32 Å². The summed E-state index contributed by atoms with van der Waals surface area (Å²) in [4.78, 5) is 2.32. The summed E-state index contributed by atoms with van der Waals surface area (Å²) in [5, 5.41) is 3.49. The van der Waals surface area contributed by atoms with Crippen LogP contribution >= 0.6 is 0 Å². The second kappa shape index (κ2) is 6.66. The van der Waals surface area contributed by atoms with E-state index in [1.807, 2.05) is 0 Å². The predicted molar refractivity (Wildman–Crippen MR) is 70.8 cm³/mol. The lowest BCUT2D eigenvalue weighted by Gasteiger charge is -2.15. The minimum absolute atomic E-state index is 0.977. The Labute approximate surface area is 99.7 Å². The van der Waals surface area contributed by atoms with E-state index < -0.39 is 0 Å². The van der Waals surface area contributed by atoms with Gasteiger partial charge in [-0.2, -0.15) is 0 Å².